The van der Waals surface area contributed by atoms with Gasteiger partial charge >= 0.3 is 5.97 Å². The summed E-state index contributed by atoms with van der Waals surface area (Å²) in [6.45, 7) is 4.68. The van der Waals surface area contributed by atoms with Crippen LogP contribution in [0.4, 0.5) is 0 Å². The van der Waals surface area contributed by atoms with Crippen LogP contribution < -0.4 is 0 Å². The van der Waals surface area contributed by atoms with Gasteiger partial charge in [0.1, 0.15) is 0 Å². The van der Waals surface area contributed by atoms with E-state index in [0.29, 0.717) is 5.92 Å². The monoisotopic (exact) mass is 292 g/mol. The van der Waals surface area contributed by atoms with Crippen LogP contribution in [0, 0.1) is 28.6 Å². The van der Waals surface area contributed by atoms with Gasteiger partial charge in [-0.15, -0.1) is 0 Å². The lowest BCUT2D eigenvalue weighted by molar-refractivity contribution is -0.143. The molecule has 0 radical (unpaired) electrons. The number of hydrogen-bond acceptors (Lipinski definition) is 2. The first-order valence-corrected chi connectivity index (χ1v) is 8.46. The molecule has 0 aromatic heterocycles. The number of carboxylic acids is 1. The minimum Gasteiger partial charge on any atom is -0.481 e. The second-order valence-electron chi connectivity index (χ2n) is 8.11. The van der Waals surface area contributed by atoms with E-state index in [1.807, 2.05) is 0 Å². The van der Waals surface area contributed by atoms with Gasteiger partial charge in [0.15, 0.2) is 0 Å². The van der Waals surface area contributed by atoms with Crippen molar-refractivity contribution in [3.05, 3.63) is 12.2 Å². The maximum atomic E-state index is 11.5. The Bertz CT molecular complexity index is 453. The summed E-state index contributed by atoms with van der Waals surface area (Å²) in [7, 11) is 0. The van der Waals surface area contributed by atoms with E-state index < -0.39 is 5.97 Å². The standard InChI is InChI=1S/C18H28O3/c1-17(2,13-4-3-5-14(19)7-6-13)18-9-8-12(10-18)15(11-18)16(20)21/h8-9,12-15,19H,3-7,10-11H2,1-2H3,(H,20,21). The predicted octanol–water partition coefficient (Wildman–Crippen LogP) is 3.62. The van der Waals surface area contributed by atoms with E-state index in [1.165, 1.54) is 6.42 Å². The summed E-state index contributed by atoms with van der Waals surface area (Å²) in [6, 6.07) is 0. The molecule has 5 unspecified atom stereocenters. The summed E-state index contributed by atoms with van der Waals surface area (Å²) in [5.41, 5.74) is 0.174. The van der Waals surface area contributed by atoms with Crippen molar-refractivity contribution in [2.45, 2.75) is 64.9 Å². The molecule has 3 aliphatic rings. The first-order valence-electron chi connectivity index (χ1n) is 8.46. The second-order valence-corrected chi connectivity index (χ2v) is 8.11. The van der Waals surface area contributed by atoms with Crippen LogP contribution in [0.3, 0.4) is 0 Å². The zero-order valence-electron chi connectivity index (χ0n) is 13.2. The zero-order valence-corrected chi connectivity index (χ0v) is 13.2. The Morgan fingerprint density at radius 2 is 1.95 bits per heavy atom. The second kappa shape index (κ2) is 5.12. The fraction of sp³-hybridized carbons (Fsp3) is 0.833. The van der Waals surface area contributed by atoms with Crippen LogP contribution in [0.15, 0.2) is 12.2 Å². The molecule has 2 bridgehead atoms. The van der Waals surface area contributed by atoms with E-state index in [2.05, 4.69) is 26.0 Å². The van der Waals surface area contributed by atoms with Gasteiger partial charge in [-0.3, -0.25) is 4.79 Å². The maximum absolute atomic E-state index is 11.5. The molecule has 2 fully saturated rings. The predicted molar refractivity (Wildman–Crippen MR) is 81.8 cm³/mol. The number of aliphatic hydroxyl groups is 1. The molecule has 0 saturated heterocycles. The SMILES string of the molecule is CC(C)(C1CCCC(O)CC1)C12C=CC(C1)C(C(=O)O)C2. The summed E-state index contributed by atoms with van der Waals surface area (Å²) in [5.74, 6) is 0.00713. The lowest BCUT2D eigenvalue weighted by atomic mass is 9.57. The third-order valence-electron chi connectivity index (χ3n) is 6.92. The van der Waals surface area contributed by atoms with E-state index in [1.54, 1.807) is 0 Å². The van der Waals surface area contributed by atoms with E-state index in [4.69, 9.17) is 0 Å². The number of fused-ring (bicyclic) bond motifs is 2. The molecular weight excluding hydrogens is 264 g/mol. The van der Waals surface area contributed by atoms with E-state index >= 15 is 0 Å². The van der Waals surface area contributed by atoms with Crippen LogP contribution in [0.5, 0.6) is 0 Å². The molecule has 2 saturated carbocycles. The molecule has 0 heterocycles. The van der Waals surface area contributed by atoms with Gasteiger partial charge in [-0.05, 0) is 61.2 Å². The van der Waals surface area contributed by atoms with Crippen LogP contribution in [-0.4, -0.2) is 22.3 Å². The van der Waals surface area contributed by atoms with Gasteiger partial charge in [-0.25, -0.2) is 0 Å². The van der Waals surface area contributed by atoms with Crippen molar-refractivity contribution in [3.8, 4) is 0 Å². The Labute approximate surface area is 127 Å². The normalized spacial score (nSPS) is 43.0. The molecule has 21 heavy (non-hydrogen) atoms. The van der Waals surface area contributed by atoms with Crippen molar-refractivity contribution in [1.29, 1.82) is 0 Å². The Hall–Kier alpha value is -0.830. The maximum Gasteiger partial charge on any atom is 0.307 e. The average Bonchev–Trinajstić information content (AvgIpc) is 2.95. The van der Waals surface area contributed by atoms with Gasteiger partial charge in [0.05, 0.1) is 12.0 Å². The van der Waals surface area contributed by atoms with Crippen molar-refractivity contribution < 1.29 is 15.0 Å². The van der Waals surface area contributed by atoms with Gasteiger partial charge in [0.25, 0.3) is 0 Å². The summed E-state index contributed by atoms with van der Waals surface area (Å²) < 4.78 is 0. The highest BCUT2D eigenvalue weighted by atomic mass is 16.4. The minimum absolute atomic E-state index is 0.0562. The van der Waals surface area contributed by atoms with Crippen LogP contribution in [0.1, 0.15) is 58.8 Å². The summed E-state index contributed by atoms with van der Waals surface area (Å²) >= 11 is 0. The van der Waals surface area contributed by atoms with E-state index in [9.17, 15) is 15.0 Å². The van der Waals surface area contributed by atoms with E-state index in [0.717, 1.165) is 38.5 Å². The molecule has 0 amide bonds. The quantitative estimate of drug-likeness (QED) is 0.617. The van der Waals surface area contributed by atoms with Gasteiger partial charge in [-0.1, -0.05) is 32.4 Å². The third-order valence-corrected chi connectivity index (χ3v) is 6.92. The Kier molecular flexibility index (Phi) is 3.67. The Balaban J connectivity index is 1.82. The smallest absolute Gasteiger partial charge is 0.307 e. The number of aliphatic hydroxyl groups excluding tert-OH is 1. The molecule has 3 nitrogen and oxygen atoms in total. The molecule has 0 aliphatic heterocycles. The van der Waals surface area contributed by atoms with Gasteiger partial charge in [0, 0.05) is 0 Å². The van der Waals surface area contributed by atoms with Crippen LogP contribution in [0.2, 0.25) is 0 Å². The first-order chi connectivity index (χ1) is 9.86. The summed E-state index contributed by atoms with van der Waals surface area (Å²) in [4.78, 5) is 11.5. The number of carboxylic acid groups (broad SMARTS) is 1. The molecular formula is C18H28O3. The molecule has 0 spiro atoms. The lowest BCUT2D eigenvalue weighted by Crippen LogP contribution is -2.40. The van der Waals surface area contributed by atoms with Crippen LogP contribution in [0.25, 0.3) is 0 Å². The number of carbonyl (C=O) groups is 1. The number of hydrogen-bond donors (Lipinski definition) is 2. The number of rotatable bonds is 3. The highest BCUT2D eigenvalue weighted by Gasteiger charge is 2.58. The number of allylic oxidation sites excluding steroid dienone is 2. The third kappa shape index (κ3) is 2.34. The van der Waals surface area contributed by atoms with Crippen molar-refractivity contribution in [1.82, 2.24) is 0 Å². The molecule has 0 aromatic rings. The minimum atomic E-state index is -0.627. The zero-order chi connectivity index (χ0) is 15.3. The van der Waals surface area contributed by atoms with Crippen molar-refractivity contribution >= 4 is 5.97 Å². The highest BCUT2D eigenvalue weighted by Crippen LogP contribution is 2.64. The Morgan fingerprint density at radius 1 is 1.19 bits per heavy atom. The number of aliphatic carboxylic acids is 1. The Morgan fingerprint density at radius 3 is 2.62 bits per heavy atom. The first kappa shape index (κ1) is 15.1. The topological polar surface area (TPSA) is 57.5 Å². The van der Waals surface area contributed by atoms with Gasteiger partial charge < -0.3 is 10.2 Å². The summed E-state index contributed by atoms with van der Waals surface area (Å²) in [5, 5.41) is 19.3. The van der Waals surface area contributed by atoms with Gasteiger partial charge in [0.2, 0.25) is 0 Å². The molecule has 2 N–H and O–H groups in total. The largest absolute Gasteiger partial charge is 0.481 e. The molecule has 5 atom stereocenters. The highest BCUT2D eigenvalue weighted by molar-refractivity contribution is 5.72. The lowest BCUT2D eigenvalue weighted by Gasteiger charge is -2.47. The fourth-order valence-corrected chi connectivity index (χ4v) is 5.26. The molecule has 118 valence electrons. The summed E-state index contributed by atoms with van der Waals surface area (Å²) in [6.07, 6.45) is 11.3. The average molecular weight is 292 g/mol. The van der Waals surface area contributed by atoms with Gasteiger partial charge in [-0.2, -0.15) is 0 Å². The van der Waals surface area contributed by atoms with E-state index in [-0.39, 0.29) is 28.8 Å². The van der Waals surface area contributed by atoms with Crippen LogP contribution >= 0.6 is 0 Å². The molecule has 0 aromatic carbocycles. The van der Waals surface area contributed by atoms with Crippen molar-refractivity contribution in [2.75, 3.05) is 0 Å². The fourth-order valence-electron chi connectivity index (χ4n) is 5.26. The van der Waals surface area contributed by atoms with Crippen molar-refractivity contribution in [2.24, 2.45) is 28.6 Å². The van der Waals surface area contributed by atoms with Crippen molar-refractivity contribution in [3.63, 3.8) is 0 Å². The molecule has 3 heteroatoms. The van der Waals surface area contributed by atoms with Crippen LogP contribution in [-0.2, 0) is 4.79 Å². The molecule has 3 rings (SSSR count). The molecule has 3 aliphatic carbocycles.